The predicted octanol–water partition coefficient (Wildman–Crippen LogP) is 2.43. The van der Waals surface area contributed by atoms with E-state index in [9.17, 15) is 14.4 Å². The molecule has 2 aliphatic rings. The van der Waals surface area contributed by atoms with Gasteiger partial charge in [-0.15, -0.1) is 5.10 Å². The number of hydrogen-bond donors (Lipinski definition) is 2. The van der Waals surface area contributed by atoms with Crippen molar-refractivity contribution < 1.29 is 14.4 Å². The SMILES string of the molecule is Cn1nnc2cc(CNC(=O)[C@@H]3C[C@@H](Cc4cccc(Cl)c4)CN3C(=O)[C@H](N)CCC(=O)N3CCCC3)ccc21. The van der Waals surface area contributed by atoms with Crippen LogP contribution in [0.1, 0.15) is 43.2 Å². The molecule has 3 aromatic rings. The molecule has 2 fully saturated rings. The van der Waals surface area contributed by atoms with Crippen LogP contribution in [0, 0.1) is 5.92 Å². The van der Waals surface area contributed by atoms with E-state index >= 15 is 0 Å². The van der Waals surface area contributed by atoms with E-state index in [0.29, 0.717) is 31.0 Å². The summed E-state index contributed by atoms with van der Waals surface area (Å²) < 4.78 is 1.70. The second-order valence-electron chi connectivity index (χ2n) is 10.9. The Labute approximate surface area is 238 Å². The first-order chi connectivity index (χ1) is 19.3. The zero-order valence-corrected chi connectivity index (χ0v) is 23.5. The topological polar surface area (TPSA) is 126 Å². The van der Waals surface area contributed by atoms with Crippen LogP contribution in [-0.2, 0) is 34.4 Å². The van der Waals surface area contributed by atoms with Crippen LogP contribution < -0.4 is 11.1 Å². The highest BCUT2D eigenvalue weighted by Gasteiger charge is 2.41. The first-order valence-corrected chi connectivity index (χ1v) is 14.3. The molecular weight excluding hydrogens is 530 g/mol. The van der Waals surface area contributed by atoms with Gasteiger partial charge in [-0.3, -0.25) is 14.4 Å². The number of benzene rings is 2. The molecule has 10 nitrogen and oxygen atoms in total. The first kappa shape index (κ1) is 28.0. The smallest absolute Gasteiger partial charge is 0.243 e. The van der Waals surface area contributed by atoms with Crippen molar-refractivity contribution in [3.63, 3.8) is 0 Å². The quantitative estimate of drug-likeness (QED) is 0.410. The minimum absolute atomic E-state index is 0.0374. The minimum atomic E-state index is -0.842. The second kappa shape index (κ2) is 12.3. The first-order valence-electron chi connectivity index (χ1n) is 13.9. The Morgan fingerprint density at radius 1 is 1.12 bits per heavy atom. The molecule has 0 unspecified atom stereocenters. The number of fused-ring (bicyclic) bond motifs is 1. The number of aromatic nitrogens is 3. The molecule has 2 saturated heterocycles. The van der Waals surface area contributed by atoms with Crippen molar-refractivity contribution in [3.8, 4) is 0 Å². The Bertz CT molecular complexity index is 1390. The zero-order valence-electron chi connectivity index (χ0n) is 22.8. The lowest BCUT2D eigenvalue weighted by Crippen LogP contribution is -2.51. The number of aryl methyl sites for hydroxylation is 1. The Balaban J connectivity index is 1.25. The number of nitrogens with one attached hydrogen (secondary N) is 1. The molecule has 1 aromatic heterocycles. The van der Waals surface area contributed by atoms with Crippen molar-refractivity contribution >= 4 is 40.4 Å². The number of hydrogen-bond acceptors (Lipinski definition) is 6. The number of carbonyl (C=O) groups excluding carboxylic acids is 3. The van der Waals surface area contributed by atoms with Crippen LogP contribution >= 0.6 is 11.6 Å². The van der Waals surface area contributed by atoms with E-state index in [-0.39, 0.29) is 36.5 Å². The lowest BCUT2D eigenvalue weighted by atomic mass is 9.96. The Hall–Kier alpha value is -3.50. The Kier molecular flexibility index (Phi) is 8.66. The molecular formula is C29H36ClN7O3. The molecule has 3 N–H and O–H groups in total. The average molecular weight is 566 g/mol. The molecule has 40 heavy (non-hydrogen) atoms. The lowest BCUT2D eigenvalue weighted by molar-refractivity contribution is -0.140. The van der Waals surface area contributed by atoms with E-state index in [4.69, 9.17) is 17.3 Å². The van der Waals surface area contributed by atoms with E-state index in [2.05, 4.69) is 15.6 Å². The minimum Gasteiger partial charge on any atom is -0.350 e. The summed E-state index contributed by atoms with van der Waals surface area (Å²) in [5.41, 5.74) is 9.93. The van der Waals surface area contributed by atoms with Gasteiger partial charge < -0.3 is 20.9 Å². The maximum atomic E-state index is 13.5. The fourth-order valence-electron chi connectivity index (χ4n) is 5.80. The fourth-order valence-corrected chi connectivity index (χ4v) is 6.02. The van der Waals surface area contributed by atoms with Crippen molar-refractivity contribution in [3.05, 3.63) is 58.6 Å². The average Bonchev–Trinajstić information content (AvgIpc) is 3.71. The summed E-state index contributed by atoms with van der Waals surface area (Å²) in [6.07, 6.45) is 3.74. The van der Waals surface area contributed by atoms with Crippen LogP contribution in [0.3, 0.4) is 0 Å². The second-order valence-corrected chi connectivity index (χ2v) is 11.4. The van der Waals surface area contributed by atoms with Crippen LogP contribution in [0.4, 0.5) is 0 Å². The standard InChI is InChI=1S/C29H36ClN7O3/c1-35-25-9-7-20(15-24(25)33-34-35)17-32-28(39)26-16-21(13-19-5-4-6-22(30)14-19)18-37(26)29(40)23(31)8-10-27(38)36-11-2-3-12-36/h4-7,9,14-15,21,23,26H,2-3,8,10-13,16-18,31H2,1H3,(H,32,39)/t21-,23-,26+/m1/s1. The van der Waals surface area contributed by atoms with Gasteiger partial charge in [0.05, 0.1) is 11.6 Å². The molecule has 0 aliphatic carbocycles. The molecule has 3 amide bonds. The summed E-state index contributed by atoms with van der Waals surface area (Å²) in [7, 11) is 1.83. The van der Waals surface area contributed by atoms with E-state index in [1.165, 1.54) is 0 Å². The van der Waals surface area contributed by atoms with Crippen molar-refractivity contribution in [2.75, 3.05) is 19.6 Å². The van der Waals surface area contributed by atoms with Gasteiger partial charge in [0.25, 0.3) is 0 Å². The van der Waals surface area contributed by atoms with Crippen LogP contribution in [-0.4, -0.2) is 74.2 Å². The summed E-state index contributed by atoms with van der Waals surface area (Å²) in [6, 6.07) is 11.9. The van der Waals surface area contributed by atoms with Gasteiger partial charge in [-0.2, -0.15) is 0 Å². The third kappa shape index (κ3) is 6.45. The molecule has 5 rings (SSSR count). The zero-order chi connectivity index (χ0) is 28.2. The van der Waals surface area contributed by atoms with Crippen molar-refractivity contribution in [2.45, 2.75) is 57.2 Å². The molecule has 3 atom stereocenters. The Morgan fingerprint density at radius 2 is 1.93 bits per heavy atom. The highest BCUT2D eigenvalue weighted by Crippen LogP contribution is 2.29. The normalized spacial score (nSPS) is 19.8. The van der Waals surface area contributed by atoms with Gasteiger partial charge in [0.2, 0.25) is 17.7 Å². The predicted molar refractivity (Wildman–Crippen MR) is 152 cm³/mol. The number of likely N-dealkylation sites (tertiary alicyclic amines) is 2. The molecule has 11 heteroatoms. The highest BCUT2D eigenvalue weighted by molar-refractivity contribution is 6.30. The maximum Gasteiger partial charge on any atom is 0.243 e. The summed E-state index contributed by atoms with van der Waals surface area (Å²) in [5, 5.41) is 11.8. The number of rotatable bonds is 9. The van der Waals surface area contributed by atoms with Gasteiger partial charge in [-0.1, -0.05) is 35.0 Å². The summed E-state index contributed by atoms with van der Waals surface area (Å²) >= 11 is 6.19. The van der Waals surface area contributed by atoms with E-state index in [1.807, 2.05) is 54.4 Å². The monoisotopic (exact) mass is 565 g/mol. The third-order valence-electron chi connectivity index (χ3n) is 7.97. The maximum absolute atomic E-state index is 13.5. The van der Waals surface area contributed by atoms with Gasteiger partial charge in [0, 0.05) is 44.7 Å². The molecule has 3 heterocycles. The van der Waals surface area contributed by atoms with Gasteiger partial charge in [-0.05, 0) is 73.4 Å². The van der Waals surface area contributed by atoms with E-state index in [0.717, 1.165) is 48.1 Å². The molecule has 212 valence electrons. The highest BCUT2D eigenvalue weighted by atomic mass is 35.5. The molecule has 0 spiro atoms. The van der Waals surface area contributed by atoms with Gasteiger partial charge >= 0.3 is 0 Å². The van der Waals surface area contributed by atoms with E-state index < -0.39 is 12.1 Å². The summed E-state index contributed by atoms with van der Waals surface area (Å²) in [4.78, 5) is 42.9. The number of halogens is 1. The molecule has 0 bridgehead atoms. The molecule has 0 saturated carbocycles. The molecule has 2 aromatic carbocycles. The summed E-state index contributed by atoms with van der Waals surface area (Å²) in [6.45, 7) is 2.26. The number of nitrogens with zero attached hydrogens (tertiary/aromatic N) is 5. The number of nitrogens with two attached hydrogens (primary N) is 1. The van der Waals surface area contributed by atoms with Crippen LogP contribution in [0.5, 0.6) is 0 Å². The van der Waals surface area contributed by atoms with Gasteiger partial charge in [-0.25, -0.2) is 4.68 Å². The van der Waals surface area contributed by atoms with Crippen molar-refractivity contribution in [1.29, 1.82) is 0 Å². The third-order valence-corrected chi connectivity index (χ3v) is 8.21. The van der Waals surface area contributed by atoms with Crippen molar-refractivity contribution in [2.24, 2.45) is 18.7 Å². The van der Waals surface area contributed by atoms with Gasteiger partial charge in [0.1, 0.15) is 11.6 Å². The van der Waals surface area contributed by atoms with E-state index in [1.54, 1.807) is 9.58 Å². The fraction of sp³-hybridized carbons (Fsp3) is 0.483. The van der Waals surface area contributed by atoms with Crippen LogP contribution in [0.2, 0.25) is 5.02 Å². The molecule has 2 aliphatic heterocycles. The molecule has 0 radical (unpaired) electrons. The lowest BCUT2D eigenvalue weighted by Gasteiger charge is -2.27. The number of carbonyl (C=O) groups is 3. The van der Waals surface area contributed by atoms with Crippen molar-refractivity contribution in [1.82, 2.24) is 30.1 Å². The summed E-state index contributed by atoms with van der Waals surface area (Å²) in [5.74, 6) is -0.395. The van der Waals surface area contributed by atoms with Crippen LogP contribution in [0.15, 0.2) is 42.5 Å². The largest absolute Gasteiger partial charge is 0.350 e. The van der Waals surface area contributed by atoms with Gasteiger partial charge in [0.15, 0.2) is 0 Å². The number of amides is 3. The Morgan fingerprint density at radius 3 is 2.70 bits per heavy atom. The van der Waals surface area contributed by atoms with Crippen LogP contribution in [0.25, 0.3) is 11.0 Å².